The Morgan fingerprint density at radius 3 is 2.71 bits per heavy atom. The molecular weight excluding hydrogens is 328 g/mol. The Kier molecular flexibility index (Phi) is 6.77. The minimum Gasteiger partial charge on any atom is -0.466 e. The summed E-state index contributed by atoms with van der Waals surface area (Å²) in [4.78, 5) is 13.8. The molecule has 1 N–H and O–H groups in total. The Morgan fingerprint density at radius 1 is 1.33 bits per heavy atom. The van der Waals surface area contributed by atoms with Gasteiger partial charge in [0, 0.05) is 19.0 Å². The summed E-state index contributed by atoms with van der Waals surface area (Å²) in [6, 6.07) is 6.77. The predicted molar refractivity (Wildman–Crippen MR) is 92.2 cm³/mol. The highest BCUT2D eigenvalue weighted by Crippen LogP contribution is 2.15. The van der Waals surface area contributed by atoms with Crippen LogP contribution in [0, 0.1) is 6.92 Å². The van der Waals surface area contributed by atoms with Crippen LogP contribution in [0.5, 0.6) is 0 Å². The first-order valence-corrected chi connectivity index (χ1v) is 9.86. The van der Waals surface area contributed by atoms with Gasteiger partial charge >= 0.3 is 5.97 Å². The molecule has 24 heavy (non-hydrogen) atoms. The number of carbonyl (C=O) groups is 1. The molecule has 134 valence electrons. The number of likely N-dealkylation sites (tertiary alicyclic amines) is 1. The average Bonchev–Trinajstić information content (AvgIpc) is 2.94. The van der Waals surface area contributed by atoms with Gasteiger partial charge in [0.15, 0.2) is 0 Å². The van der Waals surface area contributed by atoms with Crippen LogP contribution < -0.4 is 4.72 Å². The van der Waals surface area contributed by atoms with Crippen molar-refractivity contribution >= 4 is 16.0 Å². The second-order valence-corrected chi connectivity index (χ2v) is 7.84. The highest BCUT2D eigenvalue weighted by molar-refractivity contribution is 7.89. The standard InChI is InChI=1S/C17H26N2O4S/c1-3-23-17(20)5-4-11-19-12-10-15(13-19)18-24(21,22)16-8-6-14(2)7-9-16/h6-9,15,18H,3-5,10-13H2,1-2H3. The first kappa shape index (κ1) is 18.9. The molecule has 1 aliphatic rings. The second-order valence-electron chi connectivity index (χ2n) is 6.13. The topological polar surface area (TPSA) is 75.7 Å². The maximum Gasteiger partial charge on any atom is 0.305 e. The van der Waals surface area contributed by atoms with Crippen molar-refractivity contribution in [1.82, 2.24) is 9.62 Å². The van der Waals surface area contributed by atoms with Gasteiger partial charge in [-0.1, -0.05) is 17.7 Å². The zero-order valence-electron chi connectivity index (χ0n) is 14.3. The molecule has 1 aromatic rings. The quantitative estimate of drug-likeness (QED) is 0.719. The van der Waals surface area contributed by atoms with Crippen LogP contribution in [0.3, 0.4) is 0 Å². The van der Waals surface area contributed by atoms with E-state index >= 15 is 0 Å². The van der Waals surface area contributed by atoms with Crippen molar-refractivity contribution in [2.45, 2.75) is 44.0 Å². The van der Waals surface area contributed by atoms with Crippen molar-refractivity contribution in [2.24, 2.45) is 0 Å². The van der Waals surface area contributed by atoms with Crippen LogP contribution >= 0.6 is 0 Å². The van der Waals surface area contributed by atoms with Crippen LogP contribution in [0.15, 0.2) is 29.2 Å². The number of ether oxygens (including phenoxy) is 1. The summed E-state index contributed by atoms with van der Waals surface area (Å²) in [5.41, 5.74) is 1.03. The van der Waals surface area contributed by atoms with Gasteiger partial charge in [0.25, 0.3) is 0 Å². The van der Waals surface area contributed by atoms with Gasteiger partial charge in [-0.3, -0.25) is 4.79 Å². The zero-order chi connectivity index (χ0) is 17.6. The van der Waals surface area contributed by atoms with E-state index in [9.17, 15) is 13.2 Å². The summed E-state index contributed by atoms with van der Waals surface area (Å²) in [5, 5.41) is 0. The average molecular weight is 354 g/mol. The fraction of sp³-hybridized carbons (Fsp3) is 0.588. The molecule has 1 fully saturated rings. The molecule has 0 aliphatic carbocycles. The van der Waals surface area contributed by atoms with Crippen molar-refractivity contribution in [1.29, 1.82) is 0 Å². The van der Waals surface area contributed by atoms with Gasteiger partial charge in [0.2, 0.25) is 10.0 Å². The summed E-state index contributed by atoms with van der Waals surface area (Å²) in [5.74, 6) is -0.173. The molecule has 0 radical (unpaired) electrons. The highest BCUT2D eigenvalue weighted by atomic mass is 32.2. The lowest BCUT2D eigenvalue weighted by Gasteiger charge is -2.16. The van der Waals surface area contributed by atoms with Crippen LogP contribution in [0.25, 0.3) is 0 Å². The zero-order valence-corrected chi connectivity index (χ0v) is 15.1. The monoisotopic (exact) mass is 354 g/mol. The lowest BCUT2D eigenvalue weighted by atomic mass is 10.2. The molecule has 6 nitrogen and oxygen atoms in total. The van der Waals surface area contributed by atoms with E-state index in [1.807, 2.05) is 6.92 Å². The summed E-state index contributed by atoms with van der Waals surface area (Å²) in [6.07, 6.45) is 1.92. The molecule has 2 rings (SSSR count). The van der Waals surface area contributed by atoms with E-state index in [1.54, 1.807) is 31.2 Å². The maximum atomic E-state index is 12.4. The largest absolute Gasteiger partial charge is 0.466 e. The summed E-state index contributed by atoms with van der Waals surface area (Å²) < 4.78 is 32.5. The Bertz CT molecular complexity index is 643. The van der Waals surface area contributed by atoms with Crippen molar-refractivity contribution in [3.63, 3.8) is 0 Å². The summed E-state index contributed by atoms with van der Waals surface area (Å²) >= 11 is 0. The Morgan fingerprint density at radius 2 is 2.04 bits per heavy atom. The third kappa shape index (κ3) is 5.58. The number of nitrogens with zero attached hydrogens (tertiary/aromatic N) is 1. The molecule has 0 spiro atoms. The van der Waals surface area contributed by atoms with E-state index in [0.717, 1.165) is 31.5 Å². The summed E-state index contributed by atoms with van der Waals surface area (Å²) in [7, 11) is -3.48. The Hall–Kier alpha value is -1.44. The van der Waals surface area contributed by atoms with E-state index in [-0.39, 0.29) is 12.0 Å². The van der Waals surface area contributed by atoms with Crippen LogP contribution in [-0.4, -0.2) is 51.6 Å². The number of hydrogen-bond acceptors (Lipinski definition) is 5. The lowest BCUT2D eigenvalue weighted by Crippen LogP contribution is -2.37. The predicted octanol–water partition coefficient (Wildman–Crippen LogP) is 1.69. The lowest BCUT2D eigenvalue weighted by molar-refractivity contribution is -0.143. The van der Waals surface area contributed by atoms with Crippen LogP contribution in [-0.2, 0) is 19.6 Å². The van der Waals surface area contributed by atoms with Crippen molar-refractivity contribution in [2.75, 3.05) is 26.2 Å². The Balaban J connectivity index is 1.79. The van der Waals surface area contributed by atoms with Crippen molar-refractivity contribution in [3.05, 3.63) is 29.8 Å². The van der Waals surface area contributed by atoms with Gasteiger partial charge in [-0.05, 0) is 51.9 Å². The van der Waals surface area contributed by atoms with E-state index in [1.165, 1.54) is 0 Å². The number of nitrogens with one attached hydrogen (secondary N) is 1. The molecule has 0 aromatic heterocycles. The SMILES string of the molecule is CCOC(=O)CCCN1CCC(NS(=O)(=O)c2ccc(C)cc2)C1. The minimum absolute atomic E-state index is 0.0844. The molecule has 1 aliphatic heterocycles. The number of rotatable bonds is 8. The van der Waals surface area contributed by atoms with Crippen molar-refractivity contribution in [3.8, 4) is 0 Å². The van der Waals surface area contributed by atoms with E-state index < -0.39 is 10.0 Å². The fourth-order valence-electron chi connectivity index (χ4n) is 2.82. The number of benzene rings is 1. The van der Waals surface area contributed by atoms with Crippen molar-refractivity contribution < 1.29 is 17.9 Å². The van der Waals surface area contributed by atoms with Crippen LogP contribution in [0.2, 0.25) is 0 Å². The molecule has 1 saturated heterocycles. The number of sulfonamides is 1. The number of hydrogen-bond donors (Lipinski definition) is 1. The maximum absolute atomic E-state index is 12.4. The van der Waals surface area contributed by atoms with Crippen LogP contribution in [0.4, 0.5) is 0 Å². The van der Waals surface area contributed by atoms with Gasteiger partial charge in [-0.15, -0.1) is 0 Å². The summed E-state index contributed by atoms with van der Waals surface area (Å²) in [6.45, 7) is 6.42. The number of esters is 1. The molecule has 1 atom stereocenters. The van der Waals surface area contributed by atoms with Crippen LogP contribution in [0.1, 0.15) is 31.7 Å². The smallest absolute Gasteiger partial charge is 0.305 e. The van der Waals surface area contributed by atoms with E-state index in [0.29, 0.717) is 24.5 Å². The van der Waals surface area contributed by atoms with E-state index in [2.05, 4.69) is 9.62 Å². The first-order valence-electron chi connectivity index (χ1n) is 8.37. The fourth-order valence-corrected chi connectivity index (χ4v) is 4.08. The number of aryl methyl sites for hydroxylation is 1. The second kappa shape index (κ2) is 8.60. The molecule has 7 heteroatoms. The molecule has 0 saturated carbocycles. The molecule has 0 amide bonds. The molecule has 1 aromatic carbocycles. The Labute approximate surface area is 144 Å². The molecule has 0 bridgehead atoms. The molecule has 1 unspecified atom stereocenters. The van der Waals surface area contributed by atoms with E-state index in [4.69, 9.17) is 4.74 Å². The first-order chi connectivity index (χ1) is 11.4. The molecule has 1 heterocycles. The van der Waals surface area contributed by atoms with Gasteiger partial charge in [0.05, 0.1) is 11.5 Å². The van der Waals surface area contributed by atoms with Gasteiger partial charge in [-0.2, -0.15) is 0 Å². The van der Waals surface area contributed by atoms with Gasteiger partial charge < -0.3 is 9.64 Å². The third-order valence-electron chi connectivity index (χ3n) is 4.09. The van der Waals surface area contributed by atoms with Gasteiger partial charge in [0.1, 0.15) is 0 Å². The normalized spacial score (nSPS) is 18.7. The third-order valence-corrected chi connectivity index (χ3v) is 5.62. The molecular formula is C17H26N2O4S. The highest BCUT2D eigenvalue weighted by Gasteiger charge is 2.27. The van der Waals surface area contributed by atoms with Gasteiger partial charge in [-0.25, -0.2) is 13.1 Å². The minimum atomic E-state index is -3.48. The number of carbonyl (C=O) groups excluding carboxylic acids is 1.